The fourth-order valence-corrected chi connectivity index (χ4v) is 3.25. The van der Waals surface area contributed by atoms with E-state index in [1.165, 1.54) is 0 Å². The number of nitrogens with one attached hydrogen (secondary N) is 1. The fraction of sp³-hybridized carbons (Fsp3) is 0.944. The Morgan fingerprint density at radius 1 is 0.744 bits per heavy atom. The first-order valence-electron chi connectivity index (χ1n) is 11.0. The fourth-order valence-electron chi connectivity index (χ4n) is 3.25. The molecule has 0 spiro atoms. The van der Waals surface area contributed by atoms with Gasteiger partial charge in [0.1, 0.15) is 42.7 Å². The molecular weight excluding hydrogens is 653 g/mol. The van der Waals surface area contributed by atoms with Gasteiger partial charge in [-0.15, -0.1) is 0 Å². The van der Waals surface area contributed by atoms with Crippen LogP contribution in [-0.2, 0) is 14.3 Å². The third kappa shape index (κ3) is 6.89. The van der Waals surface area contributed by atoms with Gasteiger partial charge in [-0.1, -0.05) is 0 Å². The lowest BCUT2D eigenvalue weighted by molar-refractivity contribution is -0.441. The van der Waals surface area contributed by atoms with Crippen molar-refractivity contribution >= 4 is 5.91 Å². The Bertz CT molecular complexity index is 956. The molecule has 1 fully saturated rings. The van der Waals surface area contributed by atoms with Crippen molar-refractivity contribution in [3.63, 3.8) is 0 Å². The molecule has 1 aliphatic rings. The summed E-state index contributed by atoms with van der Waals surface area (Å²) in [5.41, 5.74) is 0. The summed E-state index contributed by atoms with van der Waals surface area (Å²) >= 11 is 0. The van der Waals surface area contributed by atoms with E-state index < -0.39 is 115 Å². The Balaban J connectivity index is 3.30. The predicted octanol–water partition coefficient (Wildman–Crippen LogP) is -1.94. The Morgan fingerprint density at radius 3 is 1.63 bits per heavy atom. The summed E-state index contributed by atoms with van der Waals surface area (Å²) in [5.74, 6) is -35.9. The maximum atomic E-state index is 13.9. The summed E-state index contributed by atoms with van der Waals surface area (Å²) < 4.78 is 181. The first-order chi connectivity index (χ1) is 19.1. The Kier molecular flexibility index (Phi) is 11.7. The highest BCUT2D eigenvalue weighted by Gasteiger charge is 2.91. The van der Waals surface area contributed by atoms with Crippen LogP contribution in [0.15, 0.2) is 0 Å². The van der Waals surface area contributed by atoms with E-state index in [0.717, 1.165) is 0 Å². The number of ether oxygens (including phenoxy) is 2. The van der Waals surface area contributed by atoms with Gasteiger partial charge in [0, 0.05) is 0 Å². The molecule has 0 radical (unpaired) electrons. The maximum absolute atomic E-state index is 13.9. The molecule has 1 aliphatic heterocycles. The normalized spacial score (nSPS) is 27.8. The van der Waals surface area contributed by atoms with Crippen LogP contribution in [0.25, 0.3) is 0 Å². The van der Waals surface area contributed by atoms with Crippen LogP contribution in [0.1, 0.15) is 0 Å². The number of aliphatic hydroxyl groups is 8. The van der Waals surface area contributed by atoms with Gasteiger partial charge >= 0.3 is 35.9 Å². The highest BCUT2D eigenvalue weighted by molar-refractivity contribution is 5.81. The van der Waals surface area contributed by atoms with Crippen molar-refractivity contribution in [3.8, 4) is 0 Å². The van der Waals surface area contributed by atoms with Gasteiger partial charge in [0.25, 0.3) is 5.91 Å². The number of hydrogen-bond acceptors (Lipinski definition) is 11. The molecule has 1 amide bonds. The number of carbonyl (C=O) groups is 1. The minimum Gasteiger partial charge on any atom is -0.394 e. The molecule has 0 bridgehead atoms. The number of rotatable bonds is 13. The van der Waals surface area contributed by atoms with Crippen molar-refractivity contribution in [1.29, 1.82) is 0 Å². The molecule has 0 aliphatic carbocycles. The van der Waals surface area contributed by atoms with Crippen LogP contribution in [0.4, 0.5) is 57.1 Å². The predicted molar refractivity (Wildman–Crippen MR) is 103 cm³/mol. The summed E-state index contributed by atoms with van der Waals surface area (Å²) in [4.78, 5) is 11.9. The topological polar surface area (TPSA) is 209 Å². The minimum atomic E-state index is -8.30. The summed E-state index contributed by atoms with van der Waals surface area (Å²) in [6, 6.07) is -7.22. The molecular formula is C18H22F13NO11. The van der Waals surface area contributed by atoms with Crippen LogP contribution in [0, 0.1) is 0 Å². The van der Waals surface area contributed by atoms with Crippen LogP contribution in [-0.4, -0.2) is 151 Å². The smallest absolute Gasteiger partial charge is 0.394 e. The van der Waals surface area contributed by atoms with Crippen LogP contribution in [0.3, 0.4) is 0 Å². The number of halogens is 13. The van der Waals surface area contributed by atoms with Crippen LogP contribution in [0.5, 0.6) is 0 Å². The SMILES string of the molecule is O=C(NC(F)(F)C(F)(F)C(F)(F)C(F)(F)C(F)(F)C(F)(F)F)[C@H](O)[C@@H](O)[C@H](O[C@@H]1O[C@H](CO)[C@H](O)[C@H](O)[C@H]1O)[C@H](O)CO. The molecule has 0 saturated carbocycles. The number of aliphatic hydroxyl groups excluding tert-OH is 8. The van der Waals surface area contributed by atoms with Gasteiger partial charge in [-0.05, 0) is 0 Å². The molecule has 1 saturated heterocycles. The zero-order valence-corrected chi connectivity index (χ0v) is 20.3. The zero-order chi connectivity index (χ0) is 34.3. The van der Waals surface area contributed by atoms with Gasteiger partial charge in [0.15, 0.2) is 12.4 Å². The second kappa shape index (κ2) is 12.9. The molecule has 9 atom stereocenters. The highest BCUT2D eigenvalue weighted by Crippen LogP contribution is 2.59. The highest BCUT2D eigenvalue weighted by atomic mass is 19.4. The average molecular weight is 675 g/mol. The van der Waals surface area contributed by atoms with Gasteiger partial charge in [0.2, 0.25) is 0 Å². The van der Waals surface area contributed by atoms with E-state index in [9.17, 15) is 92.5 Å². The zero-order valence-electron chi connectivity index (χ0n) is 20.3. The second-order valence-corrected chi connectivity index (χ2v) is 8.84. The maximum Gasteiger partial charge on any atom is 0.460 e. The van der Waals surface area contributed by atoms with Gasteiger partial charge < -0.3 is 50.3 Å². The molecule has 12 nitrogen and oxygen atoms in total. The van der Waals surface area contributed by atoms with Gasteiger partial charge in [-0.2, -0.15) is 57.1 Å². The van der Waals surface area contributed by atoms with E-state index in [4.69, 9.17) is 19.7 Å². The molecule has 256 valence electrons. The summed E-state index contributed by atoms with van der Waals surface area (Å²) in [5, 5.41) is 76.5. The third-order valence-electron chi connectivity index (χ3n) is 5.85. The third-order valence-corrected chi connectivity index (χ3v) is 5.85. The average Bonchev–Trinajstić information content (AvgIpc) is 2.88. The van der Waals surface area contributed by atoms with E-state index in [1.54, 1.807) is 0 Å². The van der Waals surface area contributed by atoms with Gasteiger partial charge in [-0.25, -0.2) is 0 Å². The monoisotopic (exact) mass is 675 g/mol. The standard InChI is InChI=1S/C18H22F13NO11/c19-13(20,15(23,24)17(27,28)29)14(21,22)16(25,26)18(30,31)32-11(41)8(39)7(38)10(3(35)1-33)43-12-9(40)6(37)5(36)4(2-34)42-12/h3-10,12,33-40H,1-2H2,(H,32,41)/t3-,4-,5+,6+,7-,8-,9-,10-,12+/m1/s1. The van der Waals surface area contributed by atoms with Crippen LogP contribution in [0.2, 0.25) is 0 Å². The Morgan fingerprint density at radius 2 is 1.21 bits per heavy atom. The van der Waals surface area contributed by atoms with Crippen molar-refractivity contribution in [1.82, 2.24) is 5.32 Å². The Hall–Kier alpha value is -1.84. The lowest BCUT2D eigenvalue weighted by Gasteiger charge is -2.42. The largest absolute Gasteiger partial charge is 0.460 e. The quantitative estimate of drug-likeness (QED) is 0.0775. The van der Waals surface area contributed by atoms with Gasteiger partial charge in [-0.3, -0.25) is 10.1 Å². The lowest BCUT2D eigenvalue weighted by Crippen LogP contribution is -2.73. The summed E-state index contributed by atoms with van der Waals surface area (Å²) in [7, 11) is 0. The molecule has 1 rings (SSSR count). The van der Waals surface area contributed by atoms with E-state index in [-0.39, 0.29) is 0 Å². The second-order valence-electron chi connectivity index (χ2n) is 8.84. The lowest BCUT2D eigenvalue weighted by atomic mass is 9.96. The first-order valence-corrected chi connectivity index (χ1v) is 11.0. The van der Waals surface area contributed by atoms with E-state index >= 15 is 0 Å². The number of carbonyl (C=O) groups excluding carboxylic acids is 1. The van der Waals surface area contributed by atoms with E-state index in [2.05, 4.69) is 0 Å². The number of alkyl halides is 13. The minimum absolute atomic E-state index is 0.559. The first kappa shape index (κ1) is 39.2. The summed E-state index contributed by atoms with van der Waals surface area (Å²) in [6.07, 6.45) is -31.0. The molecule has 0 aromatic heterocycles. The molecule has 0 aromatic rings. The van der Waals surface area contributed by atoms with Crippen molar-refractivity contribution in [2.45, 2.75) is 91.0 Å². The van der Waals surface area contributed by atoms with Crippen molar-refractivity contribution in [3.05, 3.63) is 0 Å². The number of hydrogen-bond donors (Lipinski definition) is 9. The van der Waals surface area contributed by atoms with Crippen LogP contribution < -0.4 is 5.32 Å². The molecule has 9 N–H and O–H groups in total. The van der Waals surface area contributed by atoms with Crippen LogP contribution >= 0.6 is 0 Å². The van der Waals surface area contributed by atoms with Crippen molar-refractivity contribution in [2.24, 2.45) is 0 Å². The van der Waals surface area contributed by atoms with Gasteiger partial charge in [0.05, 0.1) is 13.2 Å². The van der Waals surface area contributed by atoms with Crippen molar-refractivity contribution < 1.29 is 112 Å². The van der Waals surface area contributed by atoms with E-state index in [1.807, 2.05) is 0 Å². The molecule has 25 heteroatoms. The number of amides is 1. The molecule has 0 unspecified atom stereocenters. The molecule has 43 heavy (non-hydrogen) atoms. The molecule has 1 heterocycles. The van der Waals surface area contributed by atoms with Crippen molar-refractivity contribution in [2.75, 3.05) is 13.2 Å². The molecule has 0 aromatic carbocycles. The Labute approximate surface area is 228 Å². The van der Waals surface area contributed by atoms with E-state index in [0.29, 0.717) is 0 Å². The summed E-state index contributed by atoms with van der Waals surface area (Å²) in [6.45, 7) is -2.70.